The van der Waals surface area contributed by atoms with Crippen molar-refractivity contribution in [3.8, 4) is 0 Å². The Labute approximate surface area is 280 Å². The molecule has 4 rings (SSSR count). The number of likely N-dealkylation sites (tertiary alicyclic amines) is 1. The summed E-state index contributed by atoms with van der Waals surface area (Å²) in [5.41, 5.74) is -0.554. The van der Waals surface area contributed by atoms with Gasteiger partial charge in [-0.1, -0.05) is 78.2 Å². The molecule has 1 unspecified atom stereocenters. The summed E-state index contributed by atoms with van der Waals surface area (Å²) in [6, 6.07) is 7.70. The number of aliphatic hydroxyl groups excluding tert-OH is 1. The monoisotopic (exact) mass is 701 g/mol. The molecule has 10 nitrogen and oxygen atoms in total. The molecule has 3 aliphatic heterocycles. The largest absolute Gasteiger partial charge is 0.455 e. The van der Waals surface area contributed by atoms with Crippen molar-refractivity contribution in [3.63, 3.8) is 0 Å². The predicted octanol–water partition coefficient (Wildman–Crippen LogP) is 4.03. The second kappa shape index (κ2) is 15.7. The number of ether oxygens (including phenoxy) is 2. The van der Waals surface area contributed by atoms with Gasteiger partial charge in [-0.3, -0.25) is 19.2 Å². The number of hydrogen-bond donors (Lipinski definition) is 1. The van der Waals surface area contributed by atoms with E-state index in [4.69, 9.17) is 9.47 Å². The predicted molar refractivity (Wildman–Crippen MR) is 178 cm³/mol. The van der Waals surface area contributed by atoms with Gasteiger partial charge < -0.3 is 29.3 Å². The summed E-state index contributed by atoms with van der Waals surface area (Å²) in [4.78, 5) is 60.1. The molecule has 252 valence electrons. The zero-order valence-electron chi connectivity index (χ0n) is 27.2. The number of alkyl halides is 1. The zero-order chi connectivity index (χ0) is 33.6. The average Bonchev–Trinajstić information content (AvgIpc) is 3.64. The van der Waals surface area contributed by atoms with Crippen LogP contribution in [0.2, 0.25) is 0 Å². The minimum Gasteiger partial charge on any atom is -0.455 e. The highest BCUT2D eigenvalue weighted by atomic mass is 79.9. The molecule has 3 amide bonds. The van der Waals surface area contributed by atoms with Crippen molar-refractivity contribution in [1.82, 2.24) is 14.7 Å². The van der Waals surface area contributed by atoms with Gasteiger partial charge in [0.2, 0.25) is 17.7 Å². The van der Waals surface area contributed by atoms with Crippen molar-refractivity contribution in [2.45, 2.75) is 87.1 Å². The van der Waals surface area contributed by atoms with E-state index in [1.807, 2.05) is 37.3 Å². The molecule has 1 aromatic rings. The van der Waals surface area contributed by atoms with Gasteiger partial charge in [-0.05, 0) is 31.7 Å². The molecular formula is C35H48BrN3O7. The van der Waals surface area contributed by atoms with Crippen LogP contribution < -0.4 is 0 Å². The SMILES string of the molecule is C=CCCC(=O)N(C)[C@H](C)[C@H](OC(=O)[C@@H]1[C@H]2O[C@@]3(CC2Br)[C@H](C(=O)N(CC=C)CCCCC)N(CCO)C(=O)[C@@H]13)c1ccccc1. The van der Waals surface area contributed by atoms with E-state index < -0.39 is 53.6 Å². The van der Waals surface area contributed by atoms with Gasteiger partial charge in [0.25, 0.3) is 0 Å². The number of β-amino-alcohol motifs (C(OH)–C–C–N with tert-alkyl or cyclic N) is 1. The molecule has 46 heavy (non-hydrogen) atoms. The number of rotatable bonds is 17. The maximum atomic E-state index is 14.3. The van der Waals surface area contributed by atoms with Crippen LogP contribution >= 0.6 is 15.9 Å². The van der Waals surface area contributed by atoms with Crippen molar-refractivity contribution in [2.75, 3.05) is 33.3 Å². The maximum absolute atomic E-state index is 14.3. The van der Waals surface area contributed by atoms with Gasteiger partial charge in [0, 0.05) is 37.9 Å². The number of esters is 1. The lowest BCUT2D eigenvalue weighted by molar-refractivity contribution is -0.164. The van der Waals surface area contributed by atoms with Crippen LogP contribution in [0.3, 0.4) is 0 Å². The van der Waals surface area contributed by atoms with Gasteiger partial charge in [0.15, 0.2) is 0 Å². The van der Waals surface area contributed by atoms with Crippen molar-refractivity contribution >= 4 is 39.6 Å². The summed E-state index contributed by atoms with van der Waals surface area (Å²) in [5.74, 6) is -3.35. The van der Waals surface area contributed by atoms with Crippen LogP contribution in [0.15, 0.2) is 55.6 Å². The lowest BCUT2D eigenvalue weighted by atomic mass is 9.70. The molecule has 3 heterocycles. The first-order valence-electron chi connectivity index (χ1n) is 16.3. The molecule has 0 saturated carbocycles. The number of nitrogens with zero attached hydrogens (tertiary/aromatic N) is 3. The highest BCUT2D eigenvalue weighted by molar-refractivity contribution is 9.09. The lowest BCUT2D eigenvalue weighted by Crippen LogP contribution is -2.57. The van der Waals surface area contributed by atoms with E-state index in [0.717, 1.165) is 19.3 Å². The zero-order valence-corrected chi connectivity index (χ0v) is 28.8. The number of carbonyl (C=O) groups excluding carboxylic acids is 4. The first-order valence-corrected chi connectivity index (χ1v) is 17.2. The molecule has 8 atom stereocenters. The van der Waals surface area contributed by atoms with Gasteiger partial charge in [-0.25, -0.2) is 0 Å². The summed E-state index contributed by atoms with van der Waals surface area (Å²) >= 11 is 3.70. The summed E-state index contributed by atoms with van der Waals surface area (Å²) in [6.07, 6.45) is 5.73. The third-order valence-electron chi connectivity index (χ3n) is 9.70. The molecular weight excluding hydrogens is 654 g/mol. The number of amides is 3. The van der Waals surface area contributed by atoms with Gasteiger partial charge in [-0.15, -0.1) is 13.2 Å². The minimum absolute atomic E-state index is 0.0611. The molecule has 3 saturated heterocycles. The summed E-state index contributed by atoms with van der Waals surface area (Å²) in [7, 11) is 1.68. The van der Waals surface area contributed by atoms with Crippen LogP contribution in [0.5, 0.6) is 0 Å². The summed E-state index contributed by atoms with van der Waals surface area (Å²) in [5, 5.41) is 9.96. The fourth-order valence-electron chi connectivity index (χ4n) is 7.32. The molecule has 11 heteroatoms. The van der Waals surface area contributed by atoms with Crippen LogP contribution in [-0.2, 0) is 28.7 Å². The van der Waals surface area contributed by atoms with Crippen LogP contribution in [0.4, 0.5) is 0 Å². The number of fused-ring (bicyclic) bond motifs is 1. The average molecular weight is 703 g/mol. The number of aliphatic hydroxyl groups is 1. The molecule has 1 N–H and O–H groups in total. The second-order valence-electron chi connectivity index (χ2n) is 12.5. The third-order valence-corrected chi connectivity index (χ3v) is 10.5. The van der Waals surface area contributed by atoms with Gasteiger partial charge >= 0.3 is 5.97 Å². The van der Waals surface area contributed by atoms with Crippen LogP contribution in [-0.4, -0.2) is 105 Å². The molecule has 0 aromatic heterocycles. The maximum Gasteiger partial charge on any atom is 0.313 e. The van der Waals surface area contributed by atoms with Crippen LogP contribution in [0.1, 0.15) is 64.0 Å². The van der Waals surface area contributed by atoms with Crippen LogP contribution in [0, 0.1) is 11.8 Å². The highest BCUT2D eigenvalue weighted by Crippen LogP contribution is 2.60. The van der Waals surface area contributed by atoms with E-state index in [1.165, 1.54) is 4.90 Å². The minimum atomic E-state index is -1.26. The Morgan fingerprint density at radius 3 is 2.57 bits per heavy atom. The van der Waals surface area contributed by atoms with E-state index in [2.05, 4.69) is 36.0 Å². The number of unbranched alkanes of at least 4 members (excludes halogenated alkanes) is 2. The van der Waals surface area contributed by atoms with Gasteiger partial charge in [0.1, 0.15) is 17.7 Å². The Morgan fingerprint density at radius 2 is 1.93 bits per heavy atom. The summed E-state index contributed by atoms with van der Waals surface area (Å²) < 4.78 is 12.9. The Balaban J connectivity index is 1.67. The number of benzene rings is 1. The van der Waals surface area contributed by atoms with Crippen molar-refractivity contribution < 1.29 is 33.8 Å². The number of halogens is 1. The van der Waals surface area contributed by atoms with Crippen molar-refractivity contribution in [3.05, 3.63) is 61.2 Å². The molecule has 0 radical (unpaired) electrons. The molecule has 2 bridgehead atoms. The number of hydrogen-bond acceptors (Lipinski definition) is 7. The van der Waals surface area contributed by atoms with E-state index >= 15 is 0 Å². The third kappa shape index (κ3) is 6.82. The topological polar surface area (TPSA) is 117 Å². The Kier molecular flexibility index (Phi) is 12.2. The Hall–Kier alpha value is -3.02. The fraction of sp³-hybridized carbons (Fsp3) is 0.600. The number of carbonyl (C=O) groups is 4. The van der Waals surface area contributed by atoms with E-state index in [0.29, 0.717) is 31.5 Å². The number of likely N-dealkylation sites (N-methyl/N-ethyl adjacent to an activating group) is 1. The molecule has 3 aliphatic rings. The Morgan fingerprint density at radius 1 is 1.22 bits per heavy atom. The Bertz CT molecular complexity index is 1280. The fourth-order valence-corrected chi connectivity index (χ4v) is 8.27. The van der Waals surface area contributed by atoms with Crippen molar-refractivity contribution in [1.29, 1.82) is 0 Å². The van der Waals surface area contributed by atoms with E-state index in [1.54, 1.807) is 29.0 Å². The van der Waals surface area contributed by atoms with Gasteiger partial charge in [-0.2, -0.15) is 0 Å². The normalized spacial score (nSPS) is 27.5. The molecule has 3 fully saturated rings. The van der Waals surface area contributed by atoms with Gasteiger partial charge in [0.05, 0.1) is 30.6 Å². The van der Waals surface area contributed by atoms with E-state index in [9.17, 15) is 24.3 Å². The standard InChI is InChI=1S/C35H48BrN3O7/c1-6-9-14-19-38(18-8-3)33(43)31-35-22-25(36)30(46-35)27(28(35)32(42)39(31)20-21-40)34(44)45-29(24-15-12-11-13-16-24)23(4)37(5)26(41)17-10-7-2/h7-8,11-13,15-16,23,25,27-31,40H,2-3,6,9-10,14,17-22H2,1,4-5H3/t23-,25?,27+,28-,29+,30+,31+,35-/m1/s1. The van der Waals surface area contributed by atoms with Crippen molar-refractivity contribution in [2.24, 2.45) is 11.8 Å². The molecule has 0 aliphatic carbocycles. The second-order valence-corrected chi connectivity index (χ2v) is 13.7. The quantitative estimate of drug-likeness (QED) is 0.113. The van der Waals surface area contributed by atoms with E-state index in [-0.39, 0.29) is 36.2 Å². The number of allylic oxidation sites excluding steroid dienone is 1. The first kappa shape index (κ1) is 35.8. The smallest absolute Gasteiger partial charge is 0.313 e. The lowest BCUT2D eigenvalue weighted by Gasteiger charge is -2.37. The molecule has 1 aromatic carbocycles. The molecule has 1 spiro atoms. The summed E-state index contributed by atoms with van der Waals surface area (Å²) in [6.45, 7) is 11.8. The van der Waals surface area contributed by atoms with Crippen LogP contribution in [0.25, 0.3) is 0 Å². The highest BCUT2D eigenvalue weighted by Gasteiger charge is 2.77. The first-order chi connectivity index (χ1) is 22.1.